The van der Waals surface area contributed by atoms with Gasteiger partial charge in [0.15, 0.2) is 5.69 Å². The Hall–Kier alpha value is -1.58. The molecule has 0 amide bonds. The Morgan fingerprint density at radius 1 is 1.53 bits per heavy atom. The minimum absolute atomic E-state index is 0.0921. The molecule has 1 heterocycles. The highest BCUT2D eigenvalue weighted by Gasteiger charge is 2.22. The smallest absolute Gasteiger partial charge is 0.354 e. The van der Waals surface area contributed by atoms with Crippen LogP contribution in [0.1, 0.15) is 36.7 Å². The van der Waals surface area contributed by atoms with Crippen molar-refractivity contribution in [1.82, 2.24) is 4.98 Å². The molecule has 0 saturated heterocycles. The average molecular weight is 234 g/mol. The molecule has 0 radical (unpaired) electrons. The number of nitrogens with one attached hydrogen (secondary N) is 1. The van der Waals surface area contributed by atoms with Crippen LogP contribution in [0.15, 0.2) is 18.2 Å². The van der Waals surface area contributed by atoms with Gasteiger partial charge in [-0.2, -0.15) is 0 Å². The largest absolute Gasteiger partial charge is 0.477 e. The van der Waals surface area contributed by atoms with E-state index in [1.54, 1.807) is 6.07 Å². The molecular weight excluding hydrogens is 216 g/mol. The van der Waals surface area contributed by atoms with Crippen molar-refractivity contribution < 1.29 is 9.90 Å². The topological polar surface area (TPSA) is 62.2 Å². The lowest BCUT2D eigenvalue weighted by Gasteiger charge is -2.16. The van der Waals surface area contributed by atoms with Gasteiger partial charge in [-0.05, 0) is 30.4 Å². The Balaban J connectivity index is 1.94. The number of carbonyl (C=O) groups is 1. The Labute approximate surface area is 101 Å². The second-order valence-electron chi connectivity index (χ2n) is 4.76. The molecule has 4 heteroatoms. The van der Waals surface area contributed by atoms with E-state index in [4.69, 9.17) is 5.11 Å². The Bertz CT molecular complexity index is 406. The second-order valence-corrected chi connectivity index (χ2v) is 4.76. The number of carboxylic acids is 1. The van der Waals surface area contributed by atoms with Gasteiger partial charge in [0, 0.05) is 6.54 Å². The molecule has 0 aromatic carbocycles. The molecule has 4 nitrogen and oxygen atoms in total. The van der Waals surface area contributed by atoms with Crippen molar-refractivity contribution in [2.75, 3.05) is 11.9 Å². The summed E-state index contributed by atoms with van der Waals surface area (Å²) < 4.78 is 0. The fourth-order valence-electron chi connectivity index (χ4n) is 2.41. The normalized spacial score (nSPS) is 23.6. The average Bonchev–Trinajstić information content (AvgIpc) is 2.72. The van der Waals surface area contributed by atoms with E-state index in [2.05, 4.69) is 17.2 Å². The first-order valence-electron chi connectivity index (χ1n) is 6.11. The van der Waals surface area contributed by atoms with Gasteiger partial charge in [0.05, 0.1) is 0 Å². The molecule has 2 rings (SSSR count). The maximum atomic E-state index is 10.8. The van der Waals surface area contributed by atoms with Crippen LogP contribution in [0.2, 0.25) is 0 Å². The van der Waals surface area contributed by atoms with Crippen molar-refractivity contribution in [3.63, 3.8) is 0 Å². The fraction of sp³-hybridized carbons (Fsp3) is 0.538. The van der Waals surface area contributed by atoms with Crippen LogP contribution in [-0.4, -0.2) is 22.6 Å². The van der Waals surface area contributed by atoms with E-state index >= 15 is 0 Å². The van der Waals surface area contributed by atoms with Crippen LogP contribution in [-0.2, 0) is 0 Å². The first-order chi connectivity index (χ1) is 8.16. The first-order valence-corrected chi connectivity index (χ1v) is 6.11. The lowest BCUT2D eigenvalue weighted by molar-refractivity contribution is 0.0690. The van der Waals surface area contributed by atoms with Crippen molar-refractivity contribution in [3.05, 3.63) is 23.9 Å². The molecule has 1 fully saturated rings. The summed E-state index contributed by atoms with van der Waals surface area (Å²) in [6, 6.07) is 5.04. The quantitative estimate of drug-likeness (QED) is 0.840. The number of rotatable bonds is 4. The summed E-state index contributed by atoms with van der Waals surface area (Å²) in [4.78, 5) is 14.8. The Morgan fingerprint density at radius 2 is 2.35 bits per heavy atom. The summed E-state index contributed by atoms with van der Waals surface area (Å²) in [5, 5.41) is 12.1. The van der Waals surface area contributed by atoms with Crippen LogP contribution in [0, 0.1) is 11.8 Å². The monoisotopic (exact) mass is 234 g/mol. The summed E-state index contributed by atoms with van der Waals surface area (Å²) in [6.45, 7) is 3.16. The van der Waals surface area contributed by atoms with Gasteiger partial charge in [0.2, 0.25) is 0 Å². The molecular formula is C13H18N2O2. The molecule has 17 heavy (non-hydrogen) atoms. The van der Waals surface area contributed by atoms with Gasteiger partial charge >= 0.3 is 5.97 Å². The number of aromatic nitrogens is 1. The fourth-order valence-corrected chi connectivity index (χ4v) is 2.41. The third-order valence-electron chi connectivity index (χ3n) is 3.55. The van der Waals surface area contributed by atoms with Crippen LogP contribution in [0.5, 0.6) is 0 Å². The molecule has 92 valence electrons. The number of anilines is 1. The van der Waals surface area contributed by atoms with Crippen LogP contribution in [0.3, 0.4) is 0 Å². The van der Waals surface area contributed by atoms with E-state index in [-0.39, 0.29) is 5.69 Å². The summed E-state index contributed by atoms with van der Waals surface area (Å²) in [7, 11) is 0. The summed E-state index contributed by atoms with van der Waals surface area (Å²) in [5.41, 5.74) is 0.0921. The molecule has 1 aliphatic rings. The van der Waals surface area contributed by atoms with Crippen LogP contribution < -0.4 is 5.32 Å². The number of pyridine rings is 1. The van der Waals surface area contributed by atoms with Crippen molar-refractivity contribution in [2.45, 2.75) is 26.2 Å². The standard InChI is InChI=1S/C13H18N2O2/c1-9-4-2-5-10(9)8-14-12-7-3-6-11(15-12)13(16)17/h3,6-7,9-10H,2,4-5,8H2,1H3,(H,14,15)(H,16,17). The van der Waals surface area contributed by atoms with Gasteiger partial charge in [-0.25, -0.2) is 9.78 Å². The summed E-state index contributed by atoms with van der Waals surface area (Å²) in [5.74, 6) is 1.11. The van der Waals surface area contributed by atoms with Crippen molar-refractivity contribution >= 4 is 11.8 Å². The molecule has 1 aromatic rings. The van der Waals surface area contributed by atoms with E-state index in [0.717, 1.165) is 12.5 Å². The summed E-state index contributed by atoms with van der Waals surface area (Å²) in [6.07, 6.45) is 3.86. The molecule has 1 saturated carbocycles. The maximum Gasteiger partial charge on any atom is 0.354 e. The van der Waals surface area contributed by atoms with E-state index in [1.165, 1.54) is 25.3 Å². The van der Waals surface area contributed by atoms with Gasteiger partial charge in [0.1, 0.15) is 5.82 Å². The minimum Gasteiger partial charge on any atom is -0.477 e. The van der Waals surface area contributed by atoms with E-state index in [9.17, 15) is 4.79 Å². The number of hydrogen-bond acceptors (Lipinski definition) is 3. The molecule has 2 N–H and O–H groups in total. The zero-order valence-corrected chi connectivity index (χ0v) is 10.0. The van der Waals surface area contributed by atoms with Crippen molar-refractivity contribution in [3.8, 4) is 0 Å². The maximum absolute atomic E-state index is 10.8. The van der Waals surface area contributed by atoms with Gasteiger partial charge < -0.3 is 10.4 Å². The second kappa shape index (κ2) is 5.17. The number of hydrogen-bond donors (Lipinski definition) is 2. The highest BCUT2D eigenvalue weighted by atomic mass is 16.4. The predicted octanol–water partition coefficient (Wildman–Crippen LogP) is 2.63. The van der Waals surface area contributed by atoms with Gasteiger partial charge in [0.25, 0.3) is 0 Å². The molecule has 0 bridgehead atoms. The predicted molar refractivity (Wildman–Crippen MR) is 66.2 cm³/mol. The van der Waals surface area contributed by atoms with Gasteiger partial charge in [-0.3, -0.25) is 0 Å². The van der Waals surface area contributed by atoms with E-state index < -0.39 is 5.97 Å². The van der Waals surface area contributed by atoms with Crippen molar-refractivity contribution in [2.24, 2.45) is 11.8 Å². The SMILES string of the molecule is CC1CCCC1CNc1cccc(C(=O)O)n1. The molecule has 1 aromatic heterocycles. The van der Waals surface area contributed by atoms with Gasteiger partial charge in [-0.15, -0.1) is 0 Å². The lowest BCUT2D eigenvalue weighted by atomic mass is 9.98. The molecule has 2 atom stereocenters. The highest BCUT2D eigenvalue weighted by Crippen LogP contribution is 2.31. The molecule has 0 aliphatic heterocycles. The van der Waals surface area contributed by atoms with Crippen molar-refractivity contribution in [1.29, 1.82) is 0 Å². The minimum atomic E-state index is -0.983. The van der Waals surface area contributed by atoms with Crippen LogP contribution in [0.25, 0.3) is 0 Å². The number of carboxylic acid groups (broad SMARTS) is 1. The number of aromatic carboxylic acids is 1. The molecule has 0 spiro atoms. The number of nitrogens with zero attached hydrogens (tertiary/aromatic N) is 1. The third kappa shape index (κ3) is 2.96. The lowest BCUT2D eigenvalue weighted by Crippen LogP contribution is -2.17. The van der Waals surface area contributed by atoms with Crippen LogP contribution >= 0.6 is 0 Å². The van der Waals surface area contributed by atoms with Crippen LogP contribution in [0.4, 0.5) is 5.82 Å². The third-order valence-corrected chi connectivity index (χ3v) is 3.55. The zero-order valence-electron chi connectivity index (χ0n) is 10.0. The van der Waals surface area contributed by atoms with Gasteiger partial charge in [-0.1, -0.05) is 25.8 Å². The zero-order chi connectivity index (χ0) is 12.3. The van der Waals surface area contributed by atoms with E-state index in [0.29, 0.717) is 11.7 Å². The molecule has 2 unspecified atom stereocenters. The first kappa shape index (κ1) is 11.9. The van der Waals surface area contributed by atoms with E-state index in [1.807, 2.05) is 6.07 Å². The Morgan fingerprint density at radius 3 is 3.00 bits per heavy atom. The molecule has 1 aliphatic carbocycles. The summed E-state index contributed by atoms with van der Waals surface area (Å²) >= 11 is 0. The Kier molecular flexibility index (Phi) is 3.61. The highest BCUT2D eigenvalue weighted by molar-refractivity contribution is 5.85.